The molecule has 29 heavy (non-hydrogen) atoms. The summed E-state index contributed by atoms with van der Waals surface area (Å²) >= 11 is 1.17. The van der Waals surface area contributed by atoms with Gasteiger partial charge in [0, 0.05) is 36.7 Å². The summed E-state index contributed by atoms with van der Waals surface area (Å²) in [7, 11) is -3.22. The molecule has 0 amide bonds. The monoisotopic (exact) mass is 433 g/mol. The van der Waals surface area contributed by atoms with Gasteiger partial charge >= 0.3 is 0 Å². The molecule has 0 unspecified atom stereocenters. The van der Waals surface area contributed by atoms with Crippen molar-refractivity contribution in [1.82, 2.24) is 18.9 Å². The van der Waals surface area contributed by atoms with Gasteiger partial charge in [-0.2, -0.15) is 13.7 Å². The van der Waals surface area contributed by atoms with E-state index in [0.29, 0.717) is 4.90 Å². The summed E-state index contributed by atoms with van der Waals surface area (Å²) in [6.45, 7) is 5.75. The number of benzene rings is 1. The summed E-state index contributed by atoms with van der Waals surface area (Å²) in [4.78, 5) is 7.06. The van der Waals surface area contributed by atoms with Crippen molar-refractivity contribution in [1.29, 1.82) is 0 Å². The lowest BCUT2D eigenvalue weighted by molar-refractivity contribution is 0.326. The van der Waals surface area contributed by atoms with E-state index >= 15 is 0 Å². The molecular weight excluding hydrogens is 410 g/mol. The maximum atomic E-state index is 11.7. The lowest BCUT2D eigenvalue weighted by Crippen LogP contribution is -2.33. The van der Waals surface area contributed by atoms with Crippen LogP contribution < -0.4 is 4.90 Å². The quantitative estimate of drug-likeness (QED) is 0.602. The Hall–Kier alpha value is -2.33. The van der Waals surface area contributed by atoms with Crippen molar-refractivity contribution in [3.05, 3.63) is 36.0 Å². The Balaban J connectivity index is 1.48. The minimum atomic E-state index is -3.22. The van der Waals surface area contributed by atoms with Crippen LogP contribution in [0, 0.1) is 0 Å². The number of hydrogen-bond donors (Lipinski definition) is 0. The molecule has 1 aliphatic heterocycles. The summed E-state index contributed by atoms with van der Waals surface area (Å²) in [6.07, 6.45) is 3.02. The fraction of sp³-hybridized carbons (Fsp3) is 0.474. The number of anilines is 1. The molecule has 0 spiro atoms. The first kappa shape index (κ1) is 20.0. The van der Waals surface area contributed by atoms with Crippen LogP contribution in [0.2, 0.25) is 0 Å². The molecule has 1 saturated heterocycles. The highest BCUT2D eigenvalue weighted by Crippen LogP contribution is 2.34. The molecule has 154 valence electrons. The Morgan fingerprint density at radius 3 is 2.41 bits per heavy atom. The molecule has 10 heteroatoms. The topological polar surface area (TPSA) is 102 Å². The van der Waals surface area contributed by atoms with Crippen molar-refractivity contribution in [2.75, 3.05) is 24.2 Å². The molecule has 8 nitrogen and oxygen atoms in total. The van der Waals surface area contributed by atoms with Crippen LogP contribution in [0.4, 0.5) is 5.82 Å². The van der Waals surface area contributed by atoms with Gasteiger partial charge in [0.25, 0.3) is 0 Å². The largest absolute Gasteiger partial charge is 0.354 e. The number of rotatable bonds is 5. The third-order valence-electron chi connectivity index (χ3n) is 5.14. The fourth-order valence-electron chi connectivity index (χ4n) is 3.42. The highest BCUT2D eigenvalue weighted by Gasteiger charge is 2.28. The van der Waals surface area contributed by atoms with Crippen LogP contribution in [0.25, 0.3) is 11.3 Å². The minimum Gasteiger partial charge on any atom is -0.354 e. The van der Waals surface area contributed by atoms with Crippen LogP contribution in [0.3, 0.4) is 0 Å². The lowest BCUT2D eigenvalue weighted by atomic mass is 9.96. The SMILES string of the molecule is CC(C)c1noc(C2CCN(c3nsnc3-c3ccc(S(C)(=O)=O)cc3)CC2)n1. The van der Waals surface area contributed by atoms with Gasteiger partial charge in [0.1, 0.15) is 5.69 Å². The van der Waals surface area contributed by atoms with E-state index in [2.05, 4.69) is 37.6 Å². The van der Waals surface area contributed by atoms with Crippen LogP contribution in [-0.2, 0) is 9.84 Å². The van der Waals surface area contributed by atoms with Crippen molar-refractivity contribution >= 4 is 27.4 Å². The number of piperidine rings is 1. The highest BCUT2D eigenvalue weighted by atomic mass is 32.2. The summed E-state index contributed by atoms with van der Waals surface area (Å²) in [5, 5.41) is 4.07. The van der Waals surface area contributed by atoms with Gasteiger partial charge in [-0.05, 0) is 25.0 Å². The van der Waals surface area contributed by atoms with Crippen LogP contribution >= 0.6 is 11.7 Å². The average molecular weight is 434 g/mol. The predicted molar refractivity (Wildman–Crippen MR) is 111 cm³/mol. The second kappa shape index (κ2) is 7.83. The molecule has 2 aromatic heterocycles. The van der Waals surface area contributed by atoms with Gasteiger partial charge in [-0.15, -0.1) is 0 Å². The highest BCUT2D eigenvalue weighted by molar-refractivity contribution is 7.90. The van der Waals surface area contributed by atoms with Crippen molar-refractivity contribution in [3.63, 3.8) is 0 Å². The molecule has 1 fully saturated rings. The van der Waals surface area contributed by atoms with Crippen molar-refractivity contribution < 1.29 is 12.9 Å². The number of hydrogen-bond acceptors (Lipinski definition) is 9. The molecule has 0 bridgehead atoms. The van der Waals surface area contributed by atoms with E-state index in [4.69, 9.17) is 4.52 Å². The lowest BCUT2D eigenvalue weighted by Gasteiger charge is -2.30. The molecule has 4 rings (SSSR count). The van der Waals surface area contributed by atoms with E-state index in [-0.39, 0.29) is 11.8 Å². The van der Waals surface area contributed by atoms with E-state index in [1.807, 2.05) is 0 Å². The van der Waals surface area contributed by atoms with Gasteiger partial charge in [-0.3, -0.25) is 0 Å². The first-order valence-corrected chi connectivity index (χ1v) is 12.2. The molecule has 0 N–H and O–H groups in total. The van der Waals surface area contributed by atoms with Gasteiger partial charge in [-0.1, -0.05) is 31.1 Å². The average Bonchev–Trinajstić information content (AvgIpc) is 3.37. The smallest absolute Gasteiger partial charge is 0.229 e. The molecule has 1 aliphatic rings. The first-order chi connectivity index (χ1) is 13.8. The van der Waals surface area contributed by atoms with E-state index < -0.39 is 9.84 Å². The maximum Gasteiger partial charge on any atom is 0.229 e. The third kappa shape index (κ3) is 4.18. The van der Waals surface area contributed by atoms with Gasteiger partial charge < -0.3 is 9.42 Å². The van der Waals surface area contributed by atoms with E-state index in [1.165, 1.54) is 18.0 Å². The van der Waals surface area contributed by atoms with Gasteiger partial charge in [0.2, 0.25) is 5.89 Å². The Morgan fingerprint density at radius 2 is 1.83 bits per heavy atom. The van der Waals surface area contributed by atoms with Crippen molar-refractivity contribution in [3.8, 4) is 11.3 Å². The van der Waals surface area contributed by atoms with Crippen molar-refractivity contribution in [2.45, 2.75) is 43.4 Å². The Labute approximate surface area is 174 Å². The number of aromatic nitrogens is 4. The fourth-order valence-corrected chi connectivity index (χ4v) is 4.64. The normalized spacial score (nSPS) is 15.9. The van der Waals surface area contributed by atoms with Gasteiger partial charge in [0.15, 0.2) is 21.5 Å². The first-order valence-electron chi connectivity index (χ1n) is 9.54. The minimum absolute atomic E-state index is 0.255. The predicted octanol–water partition coefficient (Wildman–Crippen LogP) is 3.50. The Bertz CT molecular complexity index is 1080. The Kier molecular flexibility index (Phi) is 5.39. The number of sulfone groups is 1. The molecule has 0 radical (unpaired) electrons. The van der Waals surface area contributed by atoms with Crippen molar-refractivity contribution in [2.24, 2.45) is 0 Å². The molecule has 0 saturated carbocycles. The standard InChI is InChI=1S/C19H23N5O3S2/c1-12(2)17-20-19(27-21-17)14-8-10-24(11-9-14)18-16(22-28-23-18)13-4-6-15(7-5-13)29(3,25)26/h4-7,12,14H,8-11H2,1-3H3. The van der Waals surface area contributed by atoms with Crippen LogP contribution in [0.1, 0.15) is 50.2 Å². The van der Waals surface area contributed by atoms with Crippen LogP contribution in [0.15, 0.2) is 33.7 Å². The van der Waals surface area contributed by atoms with Gasteiger partial charge in [-0.25, -0.2) is 8.42 Å². The molecule has 3 aromatic rings. The van der Waals surface area contributed by atoms with Crippen LogP contribution in [-0.4, -0.2) is 46.7 Å². The number of nitrogens with zero attached hydrogens (tertiary/aromatic N) is 5. The second-order valence-corrected chi connectivity index (χ2v) is 10.2. The molecule has 3 heterocycles. The maximum absolute atomic E-state index is 11.7. The molecule has 0 atom stereocenters. The van der Waals surface area contributed by atoms with E-state index in [9.17, 15) is 8.42 Å². The summed E-state index contributed by atoms with van der Waals surface area (Å²) < 4.78 is 37.8. The molecule has 0 aliphatic carbocycles. The van der Waals surface area contributed by atoms with E-state index in [0.717, 1.165) is 54.7 Å². The Morgan fingerprint density at radius 1 is 1.14 bits per heavy atom. The molecule has 1 aromatic carbocycles. The summed E-state index contributed by atoms with van der Waals surface area (Å²) in [6, 6.07) is 6.80. The third-order valence-corrected chi connectivity index (χ3v) is 6.79. The summed E-state index contributed by atoms with van der Waals surface area (Å²) in [5.74, 6) is 2.84. The zero-order valence-electron chi connectivity index (χ0n) is 16.6. The summed E-state index contributed by atoms with van der Waals surface area (Å²) in [5.41, 5.74) is 1.65. The zero-order chi connectivity index (χ0) is 20.6. The van der Waals surface area contributed by atoms with Gasteiger partial charge in [0.05, 0.1) is 16.6 Å². The molecular formula is C19H23N5O3S2. The van der Waals surface area contributed by atoms with E-state index in [1.54, 1.807) is 24.3 Å². The second-order valence-electron chi connectivity index (χ2n) is 7.64. The zero-order valence-corrected chi connectivity index (χ0v) is 18.2. The van der Waals surface area contributed by atoms with Crippen LogP contribution in [0.5, 0.6) is 0 Å².